The summed E-state index contributed by atoms with van der Waals surface area (Å²) in [5, 5.41) is 10.5. The van der Waals surface area contributed by atoms with Gasteiger partial charge in [0.15, 0.2) is 0 Å². The lowest BCUT2D eigenvalue weighted by atomic mass is 9.86. The fourth-order valence-corrected chi connectivity index (χ4v) is 17.5. The second-order valence-electron chi connectivity index (χ2n) is 30.4. The molecular formula is C110H94. The number of rotatable bonds is 0. The molecule has 110 heavy (non-hydrogen) atoms. The molecule has 8 aliphatic carbocycles. The van der Waals surface area contributed by atoms with Crippen LogP contribution in [0.1, 0.15) is 135 Å². The minimum atomic E-state index is 1.04. The Morgan fingerprint density at radius 2 is 0.427 bits per heavy atom. The molecular weight excluding hydrogens is 1320 g/mol. The topological polar surface area (TPSA) is 0 Å². The number of allylic oxidation sites excluding steroid dienone is 2. The van der Waals surface area contributed by atoms with Gasteiger partial charge in [-0.15, -0.1) is 0 Å². The standard InChI is InChI=1S/C15H14.C15H12.C14H12.C14H10.C14H12.C14H10.C12H14.C12H10/c2*1-3-7-14-11-15-8-4-2-6-13(15)10-9-12(14)5-1;2*1-3-7-13-11(5-1)9-10-12-6-2-4-8-14(12)13;2*1-2-6-12-10-14-8-4-3-7-13(14)9-11(12)5-1;2*1-3-9-7-11-5-2-6-12(11)8-10(9)4-1/h1-8H,9-11H2;1-10H,11H2;1-8H,9-10H2;1-10H;1-8H,9-10H2;1-10H;7-8H,1-6H2;1-3,6-8H,4-5H2. The Kier molecular flexibility index (Phi) is 21.8. The lowest BCUT2D eigenvalue weighted by molar-refractivity contribution is 0.897. The van der Waals surface area contributed by atoms with E-state index in [-0.39, 0.29) is 0 Å². The maximum Gasteiger partial charge on any atom is -0.00139 e. The highest BCUT2D eigenvalue weighted by Crippen LogP contribution is 2.36. The van der Waals surface area contributed by atoms with E-state index in [0.29, 0.717) is 0 Å². The van der Waals surface area contributed by atoms with Crippen molar-refractivity contribution in [3.05, 3.63) is 474 Å². The zero-order valence-corrected chi connectivity index (χ0v) is 63.1. The molecule has 16 aromatic carbocycles. The second kappa shape index (κ2) is 33.9. The van der Waals surface area contributed by atoms with Crippen molar-refractivity contribution in [1.29, 1.82) is 0 Å². The van der Waals surface area contributed by atoms with Gasteiger partial charge in [-0.25, -0.2) is 0 Å². The summed E-state index contributed by atoms with van der Waals surface area (Å²) in [5.74, 6) is 0. The largest absolute Gasteiger partial charge is 0.0795 e. The molecule has 534 valence electrons. The van der Waals surface area contributed by atoms with E-state index in [0.717, 1.165) is 38.5 Å². The van der Waals surface area contributed by atoms with Crippen LogP contribution >= 0.6 is 0 Å². The predicted molar refractivity (Wildman–Crippen MR) is 471 cm³/mol. The van der Waals surface area contributed by atoms with Crippen LogP contribution in [0.4, 0.5) is 0 Å². The first-order valence-electron chi connectivity index (χ1n) is 40.1. The van der Waals surface area contributed by atoms with E-state index >= 15 is 0 Å². The van der Waals surface area contributed by atoms with Crippen LogP contribution in [0.15, 0.2) is 352 Å². The van der Waals surface area contributed by atoms with Gasteiger partial charge in [-0.2, -0.15) is 0 Å². The summed E-state index contributed by atoms with van der Waals surface area (Å²) >= 11 is 0. The molecule has 0 heteroatoms. The van der Waals surface area contributed by atoms with Crippen LogP contribution in [-0.2, 0) is 89.9 Å². The van der Waals surface area contributed by atoms with Gasteiger partial charge in [0.1, 0.15) is 0 Å². The van der Waals surface area contributed by atoms with Crippen molar-refractivity contribution in [1.82, 2.24) is 0 Å². The normalized spacial score (nSPS) is 13.7. The summed E-state index contributed by atoms with van der Waals surface area (Å²) in [6.07, 6.45) is 32.8. The average Bonchev–Trinajstić information content (AvgIpc) is 0.915. The van der Waals surface area contributed by atoms with E-state index in [9.17, 15) is 0 Å². The summed E-state index contributed by atoms with van der Waals surface area (Å²) in [6, 6.07) is 122. The first-order valence-corrected chi connectivity index (χ1v) is 40.1. The van der Waals surface area contributed by atoms with Crippen molar-refractivity contribution in [2.24, 2.45) is 0 Å². The molecule has 0 atom stereocenters. The quantitative estimate of drug-likeness (QED) is 0.105. The first kappa shape index (κ1) is 70.7. The van der Waals surface area contributed by atoms with Crippen LogP contribution in [-0.4, -0.2) is 0 Å². The molecule has 0 saturated carbocycles. The molecule has 0 N–H and O–H groups in total. The third-order valence-corrected chi connectivity index (χ3v) is 23.4. The number of hydrogen-bond acceptors (Lipinski definition) is 0. The van der Waals surface area contributed by atoms with Gasteiger partial charge in [0.2, 0.25) is 0 Å². The van der Waals surface area contributed by atoms with E-state index < -0.39 is 0 Å². The van der Waals surface area contributed by atoms with E-state index in [2.05, 4.69) is 376 Å². The lowest BCUT2D eigenvalue weighted by Gasteiger charge is -2.19. The van der Waals surface area contributed by atoms with Crippen molar-refractivity contribution in [3.63, 3.8) is 0 Å². The molecule has 0 bridgehead atoms. The highest BCUT2D eigenvalue weighted by Gasteiger charge is 2.20. The fourth-order valence-electron chi connectivity index (χ4n) is 17.5. The molecule has 0 radical (unpaired) electrons. The lowest BCUT2D eigenvalue weighted by Crippen LogP contribution is -2.06. The Hall–Kier alpha value is -12.2. The predicted octanol–water partition coefficient (Wildman–Crippen LogP) is 27.2. The average molecular weight is 1420 g/mol. The molecule has 0 nitrogen and oxygen atoms in total. The van der Waals surface area contributed by atoms with E-state index in [1.165, 1.54) is 219 Å². The van der Waals surface area contributed by atoms with Gasteiger partial charge in [-0.05, 0) is 291 Å². The Balaban J connectivity index is 0.0000000917. The van der Waals surface area contributed by atoms with Crippen LogP contribution in [0.5, 0.6) is 0 Å². The fraction of sp³-hybridized carbons (Fsp3) is 0.145. The van der Waals surface area contributed by atoms with Crippen molar-refractivity contribution >= 4 is 67.4 Å². The Morgan fingerprint density at radius 1 is 0.155 bits per heavy atom. The van der Waals surface area contributed by atoms with Crippen LogP contribution in [0.2, 0.25) is 0 Å². The molecule has 0 heterocycles. The number of benzene rings is 16. The van der Waals surface area contributed by atoms with Crippen LogP contribution < -0.4 is 0 Å². The van der Waals surface area contributed by atoms with Gasteiger partial charge in [0, 0.05) is 0 Å². The third-order valence-electron chi connectivity index (χ3n) is 23.4. The van der Waals surface area contributed by atoms with Crippen molar-refractivity contribution < 1.29 is 0 Å². The minimum absolute atomic E-state index is 1.04. The van der Waals surface area contributed by atoms with E-state index in [4.69, 9.17) is 0 Å². The second-order valence-corrected chi connectivity index (χ2v) is 30.4. The smallest absolute Gasteiger partial charge is 0.00139 e. The summed E-state index contributed by atoms with van der Waals surface area (Å²) in [7, 11) is 0. The molecule has 8 aliphatic rings. The highest BCUT2D eigenvalue weighted by molar-refractivity contribution is 6.07. The van der Waals surface area contributed by atoms with E-state index in [1.54, 1.807) is 22.3 Å². The van der Waals surface area contributed by atoms with Crippen molar-refractivity contribution in [2.45, 2.75) is 103 Å². The van der Waals surface area contributed by atoms with E-state index in [1.807, 2.05) is 0 Å². The summed E-state index contributed by atoms with van der Waals surface area (Å²) in [4.78, 5) is 0. The van der Waals surface area contributed by atoms with Crippen molar-refractivity contribution in [2.75, 3.05) is 0 Å². The SMILES string of the molecule is C1=Cc2cc3c(cc2C1)C=CC3.C1=Cc2ccccc2Cc2ccccc21.c1c2c(cc3c1CCC3)CCC2.c1ccc2c(c1)CCc1ccccc1-2.c1ccc2c(c1)CCc1ccccc1C2.c1ccc2c(c1)Cc1ccccc1C2.c1ccc2c(c1)ccc1ccccc12.c1ccc2cc3ccccc3cc2c1. The molecule has 0 spiro atoms. The van der Waals surface area contributed by atoms with Crippen LogP contribution in [0, 0.1) is 0 Å². The maximum atomic E-state index is 2.48. The molecule has 0 amide bonds. The number of fused-ring (bicyclic) bond motifs is 18. The van der Waals surface area contributed by atoms with Crippen LogP contribution in [0.25, 0.3) is 78.5 Å². The van der Waals surface area contributed by atoms with Gasteiger partial charge < -0.3 is 0 Å². The third kappa shape index (κ3) is 16.6. The zero-order valence-electron chi connectivity index (χ0n) is 63.1. The molecule has 24 rings (SSSR count). The first-order chi connectivity index (χ1) is 54.5. The maximum absolute atomic E-state index is 2.48. The van der Waals surface area contributed by atoms with Crippen LogP contribution in [0.3, 0.4) is 0 Å². The summed E-state index contributed by atoms with van der Waals surface area (Å²) < 4.78 is 0. The molecule has 16 aromatic rings. The number of hydrogen-bond donors (Lipinski definition) is 0. The molecule has 0 aromatic heterocycles. The minimum Gasteiger partial charge on any atom is -0.0795 e. The Morgan fingerprint density at radius 3 is 0.800 bits per heavy atom. The summed E-state index contributed by atoms with van der Waals surface area (Å²) in [5.41, 5.74) is 35.8. The van der Waals surface area contributed by atoms with Gasteiger partial charge in [0.25, 0.3) is 0 Å². The monoisotopic (exact) mass is 1410 g/mol. The number of aryl methyl sites for hydroxylation is 8. The molecule has 0 unspecified atom stereocenters. The Bertz CT molecular complexity index is 5560. The molecule has 0 saturated heterocycles. The Labute approximate surface area is 651 Å². The van der Waals surface area contributed by atoms with Gasteiger partial charge >= 0.3 is 0 Å². The van der Waals surface area contributed by atoms with Crippen molar-refractivity contribution in [3.8, 4) is 11.1 Å². The van der Waals surface area contributed by atoms with Gasteiger partial charge in [-0.1, -0.05) is 364 Å². The summed E-state index contributed by atoms with van der Waals surface area (Å²) in [6.45, 7) is 0. The zero-order chi connectivity index (χ0) is 73.6. The highest BCUT2D eigenvalue weighted by atomic mass is 14.2. The molecule has 0 aliphatic heterocycles. The van der Waals surface area contributed by atoms with Gasteiger partial charge in [-0.3, -0.25) is 0 Å². The molecule has 0 fully saturated rings. The van der Waals surface area contributed by atoms with Gasteiger partial charge in [0.05, 0.1) is 0 Å².